The largest absolute Gasteiger partial charge is 0.309 e. The Labute approximate surface area is 497 Å². The number of thiophene rings is 1. The molecule has 0 radical (unpaired) electrons. The number of aromatic nitrogens is 7. The average molecular weight is 1120 g/mol. The Morgan fingerprint density at radius 3 is 1.57 bits per heavy atom. The van der Waals surface area contributed by atoms with Crippen LogP contribution in [0.3, 0.4) is 0 Å². The van der Waals surface area contributed by atoms with Gasteiger partial charge in [0.2, 0.25) is 0 Å². The molecule has 2 aliphatic rings. The molecule has 9 aromatic rings. The monoisotopic (exact) mass is 1120 g/mol. The third-order valence-corrected chi connectivity index (χ3v) is 14.6. The van der Waals surface area contributed by atoms with Crippen LogP contribution in [0.2, 0.25) is 0 Å². The Balaban J connectivity index is 0.000000176. The van der Waals surface area contributed by atoms with E-state index < -0.39 is 0 Å². The van der Waals surface area contributed by atoms with Gasteiger partial charge in [-0.25, -0.2) is 15.0 Å². The number of hydrogen-bond acceptors (Lipinski definition) is 9. The summed E-state index contributed by atoms with van der Waals surface area (Å²) in [5.41, 5.74) is 16.3. The maximum atomic E-state index is 4.37. The van der Waals surface area contributed by atoms with E-state index in [0.29, 0.717) is 10.8 Å². The second-order valence-corrected chi connectivity index (χ2v) is 29.2. The maximum absolute atomic E-state index is 4.37. The lowest BCUT2D eigenvalue weighted by Crippen LogP contribution is -2.15. The minimum Gasteiger partial charge on any atom is -0.309 e. The number of benzene rings is 3. The number of imidazole rings is 1. The highest BCUT2D eigenvalue weighted by molar-refractivity contribution is 7.17. The molecule has 0 saturated heterocycles. The maximum Gasteiger partial charge on any atom is 0.159 e. The van der Waals surface area contributed by atoms with Crippen LogP contribution < -0.4 is 5.32 Å². The fourth-order valence-corrected chi connectivity index (χ4v) is 9.65. The van der Waals surface area contributed by atoms with E-state index in [9.17, 15) is 0 Å². The van der Waals surface area contributed by atoms with Crippen molar-refractivity contribution in [2.75, 3.05) is 6.54 Å². The lowest BCUT2D eigenvalue weighted by molar-refractivity contribution is 0.527. The minimum atomic E-state index is 0.0495. The van der Waals surface area contributed by atoms with Gasteiger partial charge in [-0.3, -0.25) is 19.9 Å². The van der Waals surface area contributed by atoms with Gasteiger partial charge in [0.25, 0.3) is 0 Å². The Bertz CT molecular complexity index is 3310. The van der Waals surface area contributed by atoms with Crippen molar-refractivity contribution in [2.24, 2.45) is 10.4 Å². The second kappa shape index (κ2) is 28.0. The molecule has 436 valence electrons. The molecule has 2 aliphatic heterocycles. The number of nitrogens with one attached hydrogen (secondary N) is 1. The third-order valence-electron chi connectivity index (χ3n) is 13.7. The first-order chi connectivity index (χ1) is 38.1. The van der Waals surface area contributed by atoms with Crippen LogP contribution in [0.15, 0.2) is 169 Å². The number of hydrogen-bond donors (Lipinski definition) is 1. The van der Waals surface area contributed by atoms with Crippen molar-refractivity contribution in [1.29, 1.82) is 0 Å². The standard InChI is InChI=1S/C13H15N.C12H17N.C10H13N3.C10H12N2S.C10H14.C9H13N.C8H13N/c1-13(2,3)11-6-7-12-10(9-11)5-4-8-14-12;1-12(2,3)11-5-4-9-7-13-8-10(9)6-11;1-10(2,3)8-9-12-5-7-13(9)6-4-11-8;1-10(2,3)9-8-7(4-5-13-8)11-6-12-9;1-10(2,3)9-7-5-4-6-8-9;1-9(2,3)8-6-4-5-7-10-8;1-8(2,3)7-4-5-9-6-7/h4-9H,1-3H3;4-6,13H,7-8H2,1-3H3;4-7H,1-3H3;4-6H,1-3H3;4-8H,1-3H3;4-7H,1-3H3;4,6H,5H2,1-3H3. The summed E-state index contributed by atoms with van der Waals surface area (Å²) in [5, 5.41) is 6.65. The number of aliphatic imine (C=N–C) groups is 1. The smallest absolute Gasteiger partial charge is 0.159 e. The first-order valence-corrected chi connectivity index (χ1v) is 29.8. The molecule has 82 heavy (non-hydrogen) atoms. The van der Waals surface area contributed by atoms with Crippen LogP contribution >= 0.6 is 11.3 Å². The second-order valence-electron chi connectivity index (χ2n) is 28.3. The topological polar surface area (TPSA) is 106 Å². The minimum absolute atomic E-state index is 0.0495. The van der Waals surface area contributed by atoms with E-state index >= 15 is 0 Å². The fraction of sp³-hybridized carbons (Fsp3) is 0.431. The van der Waals surface area contributed by atoms with Crippen LogP contribution in [0.5, 0.6) is 0 Å². The van der Waals surface area contributed by atoms with E-state index in [-0.39, 0.29) is 27.1 Å². The highest BCUT2D eigenvalue weighted by Crippen LogP contribution is 2.31. The fourth-order valence-electron chi connectivity index (χ4n) is 8.61. The molecule has 0 saturated carbocycles. The summed E-state index contributed by atoms with van der Waals surface area (Å²) < 4.78 is 3.21. The van der Waals surface area contributed by atoms with Gasteiger partial charge in [-0.1, -0.05) is 218 Å². The zero-order chi connectivity index (χ0) is 60.7. The summed E-state index contributed by atoms with van der Waals surface area (Å²) in [6.07, 6.45) is 16.9. The van der Waals surface area contributed by atoms with E-state index in [1.165, 1.54) is 43.5 Å². The summed E-state index contributed by atoms with van der Waals surface area (Å²) in [5.74, 6) is 0. The van der Waals surface area contributed by atoms with Gasteiger partial charge in [0.05, 0.1) is 33.7 Å². The zero-order valence-corrected chi connectivity index (χ0v) is 54.5. The molecular formula is C72H97N9S. The van der Waals surface area contributed by atoms with E-state index in [1.54, 1.807) is 23.9 Å². The van der Waals surface area contributed by atoms with Crippen molar-refractivity contribution in [2.45, 2.75) is 191 Å². The van der Waals surface area contributed by atoms with Crippen molar-refractivity contribution in [3.8, 4) is 0 Å². The first-order valence-electron chi connectivity index (χ1n) is 29.0. The summed E-state index contributed by atoms with van der Waals surface area (Å²) in [7, 11) is 0. The average Bonchev–Trinajstić information content (AvgIpc) is 4.36. The van der Waals surface area contributed by atoms with Gasteiger partial charge >= 0.3 is 0 Å². The Hall–Kier alpha value is -6.75. The van der Waals surface area contributed by atoms with Crippen molar-refractivity contribution in [1.82, 2.24) is 39.6 Å². The molecule has 8 heterocycles. The van der Waals surface area contributed by atoms with Crippen LogP contribution in [-0.4, -0.2) is 47.1 Å². The molecule has 0 fully saturated rings. The molecule has 0 spiro atoms. The van der Waals surface area contributed by atoms with Crippen LogP contribution in [0.4, 0.5) is 0 Å². The quantitative estimate of drug-likeness (QED) is 0.161. The predicted octanol–water partition coefficient (Wildman–Crippen LogP) is 18.5. The summed E-state index contributed by atoms with van der Waals surface area (Å²) in [6, 6.07) is 36.0. The van der Waals surface area contributed by atoms with Gasteiger partial charge < -0.3 is 9.72 Å². The molecule has 6 aromatic heterocycles. The highest BCUT2D eigenvalue weighted by Gasteiger charge is 2.22. The molecular weight excluding hydrogens is 1020 g/mol. The number of nitrogens with zero attached hydrogens (tertiary/aromatic N) is 8. The number of fused-ring (bicyclic) bond motifs is 4. The molecule has 10 heteroatoms. The van der Waals surface area contributed by atoms with Gasteiger partial charge in [0, 0.05) is 83.8 Å². The lowest BCUT2D eigenvalue weighted by atomic mass is 9.85. The SMILES string of the molecule is CC(C)(C)C1=CCN=C1.CC(C)(C)c1ccc2c(c1)CNC2.CC(C)(C)c1ccc2ncccc2c1.CC(C)(C)c1ccccc1.CC(C)(C)c1ccccn1.CC(C)(C)c1nccn2ccnc12.CC(C)(C)c1ncnc2ccsc12. The molecule has 3 aromatic carbocycles. The van der Waals surface area contributed by atoms with Gasteiger partial charge in [-0.05, 0) is 96.8 Å². The molecule has 0 aliphatic carbocycles. The molecule has 11 rings (SSSR count). The van der Waals surface area contributed by atoms with Crippen molar-refractivity contribution in [3.05, 3.63) is 209 Å². The molecule has 0 unspecified atom stereocenters. The number of allylic oxidation sites excluding steroid dienone is 1. The zero-order valence-electron chi connectivity index (χ0n) is 53.7. The van der Waals surface area contributed by atoms with E-state index in [2.05, 4.69) is 276 Å². The van der Waals surface area contributed by atoms with Crippen LogP contribution in [0.1, 0.15) is 190 Å². The first kappa shape index (κ1) is 66.1. The Morgan fingerprint density at radius 1 is 0.439 bits per heavy atom. The van der Waals surface area contributed by atoms with E-state index in [1.807, 2.05) is 65.9 Å². The predicted molar refractivity (Wildman–Crippen MR) is 353 cm³/mol. The third kappa shape index (κ3) is 20.3. The molecule has 0 amide bonds. The number of pyridine rings is 2. The van der Waals surface area contributed by atoms with Crippen molar-refractivity contribution in [3.63, 3.8) is 0 Å². The number of rotatable bonds is 0. The molecule has 0 atom stereocenters. The van der Waals surface area contributed by atoms with Gasteiger partial charge in [0.1, 0.15) is 6.33 Å². The molecule has 1 N–H and O–H groups in total. The van der Waals surface area contributed by atoms with Crippen molar-refractivity contribution < 1.29 is 0 Å². The van der Waals surface area contributed by atoms with E-state index in [4.69, 9.17) is 0 Å². The molecule has 0 bridgehead atoms. The van der Waals surface area contributed by atoms with Crippen LogP contribution in [-0.2, 0) is 45.6 Å². The Morgan fingerprint density at radius 2 is 1.04 bits per heavy atom. The summed E-state index contributed by atoms with van der Waals surface area (Å²) in [6.45, 7) is 49.2. The normalized spacial score (nSPS) is 13.3. The lowest BCUT2D eigenvalue weighted by Gasteiger charge is -2.19. The highest BCUT2D eigenvalue weighted by atomic mass is 32.1. The summed E-state index contributed by atoms with van der Waals surface area (Å²) >= 11 is 1.72. The Kier molecular flexibility index (Phi) is 22.6. The van der Waals surface area contributed by atoms with Gasteiger partial charge in [0.15, 0.2) is 5.65 Å². The van der Waals surface area contributed by atoms with Gasteiger partial charge in [-0.2, -0.15) is 0 Å². The van der Waals surface area contributed by atoms with Gasteiger partial charge in [-0.15, -0.1) is 11.3 Å². The van der Waals surface area contributed by atoms with Crippen LogP contribution in [0, 0.1) is 5.41 Å². The van der Waals surface area contributed by atoms with Crippen molar-refractivity contribution >= 4 is 44.3 Å². The van der Waals surface area contributed by atoms with Crippen LogP contribution in [0.25, 0.3) is 26.8 Å². The molecule has 9 nitrogen and oxygen atoms in total. The van der Waals surface area contributed by atoms with E-state index in [0.717, 1.165) is 53.4 Å². The summed E-state index contributed by atoms with van der Waals surface area (Å²) in [4.78, 5) is 29.9.